The van der Waals surface area contributed by atoms with Gasteiger partial charge in [-0.1, -0.05) is 91.0 Å². The van der Waals surface area contributed by atoms with E-state index >= 15 is 0 Å². The summed E-state index contributed by atoms with van der Waals surface area (Å²) in [5.74, 6) is 0.641. The molecule has 1 unspecified atom stereocenters. The van der Waals surface area contributed by atoms with Crippen molar-refractivity contribution in [2.24, 2.45) is 0 Å². The average molecular weight is 683 g/mol. The molecule has 10 nitrogen and oxygen atoms in total. The molecule has 6 rings (SSSR count). The number of imide groups is 1. The van der Waals surface area contributed by atoms with E-state index in [1.807, 2.05) is 103 Å². The molecule has 2 aliphatic heterocycles. The van der Waals surface area contributed by atoms with Gasteiger partial charge in [-0.05, 0) is 34.4 Å². The first-order valence-electron chi connectivity index (χ1n) is 16.1. The number of alkyl carbamates (subject to hydrolysis) is 1. The van der Waals surface area contributed by atoms with Crippen LogP contribution in [-0.4, -0.2) is 52.9 Å². The minimum absolute atomic E-state index is 0.0326. The molecular formula is C38H38N2O8S. The smallest absolute Gasteiger partial charge is 0.408 e. The number of benzene rings is 4. The van der Waals surface area contributed by atoms with Crippen LogP contribution in [0.1, 0.15) is 53.1 Å². The van der Waals surface area contributed by atoms with E-state index in [4.69, 9.17) is 18.9 Å². The highest BCUT2D eigenvalue weighted by atomic mass is 32.2. The van der Waals surface area contributed by atoms with E-state index in [2.05, 4.69) is 5.32 Å². The van der Waals surface area contributed by atoms with Crippen LogP contribution in [0.4, 0.5) is 4.79 Å². The van der Waals surface area contributed by atoms with Crippen molar-refractivity contribution < 1.29 is 38.4 Å². The van der Waals surface area contributed by atoms with Crippen molar-refractivity contribution in [2.75, 3.05) is 12.9 Å². The number of para-hydroxylation sites is 1. The fourth-order valence-electron chi connectivity index (χ4n) is 5.78. The Morgan fingerprint density at radius 1 is 0.878 bits per heavy atom. The monoisotopic (exact) mass is 682 g/mol. The zero-order valence-corrected chi connectivity index (χ0v) is 27.8. The van der Waals surface area contributed by atoms with E-state index in [1.165, 1.54) is 0 Å². The lowest BCUT2D eigenvalue weighted by Crippen LogP contribution is -2.41. The summed E-state index contributed by atoms with van der Waals surface area (Å²) in [5, 5.41) is 12.0. The number of ether oxygens (including phenoxy) is 4. The van der Waals surface area contributed by atoms with Gasteiger partial charge < -0.3 is 29.4 Å². The Balaban J connectivity index is 1.09. The molecule has 2 N–H and O–H groups in total. The van der Waals surface area contributed by atoms with Gasteiger partial charge in [0.05, 0.1) is 38.9 Å². The molecule has 0 aromatic heterocycles. The van der Waals surface area contributed by atoms with Crippen LogP contribution in [0.5, 0.6) is 5.75 Å². The highest BCUT2D eigenvalue weighted by Crippen LogP contribution is 2.40. The molecule has 2 fully saturated rings. The normalized spacial score (nSPS) is 20.7. The predicted octanol–water partition coefficient (Wildman–Crippen LogP) is 6.08. The third-order valence-electron chi connectivity index (χ3n) is 8.45. The fourth-order valence-corrected chi connectivity index (χ4v) is 6.82. The van der Waals surface area contributed by atoms with E-state index in [-0.39, 0.29) is 44.3 Å². The maximum Gasteiger partial charge on any atom is 0.408 e. The Bertz CT molecular complexity index is 1740. The van der Waals surface area contributed by atoms with Crippen LogP contribution in [0.25, 0.3) is 0 Å². The molecule has 0 aliphatic carbocycles. The van der Waals surface area contributed by atoms with Crippen LogP contribution in [0.2, 0.25) is 0 Å². The molecule has 0 saturated carbocycles. The third-order valence-corrected chi connectivity index (χ3v) is 9.64. The summed E-state index contributed by atoms with van der Waals surface area (Å²) in [4.78, 5) is 40.4. The number of nitrogens with zero attached hydrogens (tertiary/aromatic N) is 1. The van der Waals surface area contributed by atoms with Crippen molar-refractivity contribution in [3.63, 3.8) is 0 Å². The lowest BCUT2D eigenvalue weighted by Gasteiger charge is -2.36. The van der Waals surface area contributed by atoms with Crippen molar-refractivity contribution >= 4 is 29.7 Å². The average Bonchev–Trinajstić information content (AvgIpc) is 3.40. The molecule has 2 aliphatic rings. The number of amides is 3. The quantitative estimate of drug-likeness (QED) is 0.135. The fraction of sp³-hybridized carbons (Fsp3) is 0.289. The Morgan fingerprint density at radius 2 is 1.57 bits per heavy atom. The van der Waals surface area contributed by atoms with Crippen molar-refractivity contribution in [1.82, 2.24) is 10.2 Å². The number of nitrogens with one attached hydrogen (secondary N) is 1. The van der Waals surface area contributed by atoms with Crippen LogP contribution < -0.4 is 10.1 Å². The van der Waals surface area contributed by atoms with Crippen LogP contribution in [-0.2, 0) is 43.6 Å². The number of carbonyl (C=O) groups is 3. The van der Waals surface area contributed by atoms with E-state index in [1.54, 1.807) is 18.9 Å². The standard InChI is InChI=1S/C38H38N2O8S/c1-45-32-9-5-6-10-34(32)49-24-30-19-33(28-15-13-26(22-41)14-16-28)48-37(47-30)29-17-11-25(12-18-29)21-40-35(42)20-31(36(40)43)39-38(44)46-23-27-7-3-2-4-8-27/h2-18,30-31,33,37,41H,19-24H2,1H3,(H,39,44)/t30-,31?,33+,37+/m1/s1. The van der Waals surface area contributed by atoms with E-state index < -0.39 is 24.3 Å². The number of rotatable bonds is 12. The summed E-state index contributed by atoms with van der Waals surface area (Å²) < 4.78 is 23.7. The van der Waals surface area contributed by atoms with Gasteiger partial charge in [-0.15, -0.1) is 11.8 Å². The Kier molecular flexibility index (Phi) is 11.3. The first kappa shape index (κ1) is 34.2. The largest absolute Gasteiger partial charge is 0.496 e. The van der Waals surface area contributed by atoms with Crippen molar-refractivity contribution in [3.8, 4) is 5.75 Å². The third kappa shape index (κ3) is 8.68. The number of hydrogen-bond donors (Lipinski definition) is 2. The van der Waals surface area contributed by atoms with Gasteiger partial charge in [0.2, 0.25) is 5.91 Å². The number of likely N-dealkylation sites (tertiary alicyclic amines) is 1. The van der Waals surface area contributed by atoms with Gasteiger partial charge in [0.15, 0.2) is 6.29 Å². The topological polar surface area (TPSA) is 124 Å². The minimum atomic E-state index is -0.979. The summed E-state index contributed by atoms with van der Waals surface area (Å²) in [6.45, 7) is 0.0961. The summed E-state index contributed by atoms with van der Waals surface area (Å²) in [5.41, 5.74) is 4.18. The van der Waals surface area contributed by atoms with Gasteiger partial charge in [0, 0.05) is 22.6 Å². The molecule has 254 valence electrons. The summed E-state index contributed by atoms with van der Waals surface area (Å²) in [7, 11) is 1.66. The molecule has 4 aromatic carbocycles. The summed E-state index contributed by atoms with van der Waals surface area (Å²) in [6.07, 6.45) is -1.27. The minimum Gasteiger partial charge on any atom is -0.496 e. The SMILES string of the molecule is COc1ccccc1SC[C@H]1C[C@@H](c2ccc(CO)cc2)O[C@@H](c2ccc(CN3C(=O)CC(NC(=O)OCc4ccccc4)C3=O)cc2)O1. The Hall–Kier alpha value is -4.68. The second-order valence-electron chi connectivity index (χ2n) is 11.8. The number of carbonyl (C=O) groups excluding carboxylic acids is 3. The van der Waals surface area contributed by atoms with E-state index in [9.17, 15) is 19.5 Å². The second-order valence-corrected chi connectivity index (χ2v) is 12.9. The van der Waals surface area contributed by atoms with Crippen LogP contribution in [0, 0.1) is 0 Å². The highest BCUT2D eigenvalue weighted by molar-refractivity contribution is 7.99. The van der Waals surface area contributed by atoms with Gasteiger partial charge in [-0.2, -0.15) is 0 Å². The lowest BCUT2D eigenvalue weighted by atomic mass is 10.0. The van der Waals surface area contributed by atoms with E-state index in [0.717, 1.165) is 43.4 Å². The van der Waals surface area contributed by atoms with Crippen LogP contribution in [0.15, 0.2) is 108 Å². The number of aliphatic hydroxyl groups excluding tert-OH is 1. The Morgan fingerprint density at radius 3 is 2.31 bits per heavy atom. The summed E-state index contributed by atoms with van der Waals surface area (Å²) in [6, 6.07) is 31.3. The number of aliphatic hydroxyl groups is 1. The molecule has 4 atom stereocenters. The van der Waals surface area contributed by atoms with Crippen molar-refractivity contribution in [3.05, 3.63) is 131 Å². The molecule has 49 heavy (non-hydrogen) atoms. The number of methoxy groups -OCH3 is 1. The molecule has 0 bridgehead atoms. The maximum absolute atomic E-state index is 13.1. The van der Waals surface area contributed by atoms with Gasteiger partial charge >= 0.3 is 6.09 Å². The molecule has 0 spiro atoms. The van der Waals surface area contributed by atoms with Gasteiger partial charge in [0.25, 0.3) is 5.91 Å². The van der Waals surface area contributed by atoms with Gasteiger partial charge in [-0.3, -0.25) is 14.5 Å². The number of hydrogen-bond acceptors (Lipinski definition) is 9. The molecule has 11 heteroatoms. The first-order chi connectivity index (χ1) is 23.9. The molecule has 0 radical (unpaired) electrons. The zero-order chi connectivity index (χ0) is 34.2. The molecule has 3 amide bonds. The van der Waals surface area contributed by atoms with Crippen LogP contribution >= 0.6 is 11.8 Å². The predicted molar refractivity (Wildman–Crippen MR) is 182 cm³/mol. The highest BCUT2D eigenvalue weighted by Gasteiger charge is 2.40. The second kappa shape index (κ2) is 16.1. The maximum atomic E-state index is 13.1. The van der Waals surface area contributed by atoms with Crippen molar-refractivity contribution in [2.45, 2.75) is 62.0 Å². The van der Waals surface area contributed by atoms with Gasteiger partial charge in [-0.25, -0.2) is 4.79 Å². The first-order valence-corrected chi connectivity index (χ1v) is 17.1. The summed E-state index contributed by atoms with van der Waals surface area (Å²) >= 11 is 1.66. The molecule has 2 saturated heterocycles. The van der Waals surface area contributed by atoms with E-state index in [0.29, 0.717) is 12.2 Å². The zero-order valence-electron chi connectivity index (χ0n) is 27.0. The van der Waals surface area contributed by atoms with Crippen LogP contribution in [0.3, 0.4) is 0 Å². The Labute approximate surface area is 289 Å². The van der Waals surface area contributed by atoms with Gasteiger partial charge in [0.1, 0.15) is 18.4 Å². The molecular weight excluding hydrogens is 644 g/mol. The molecule has 2 heterocycles. The molecule has 4 aromatic rings. The lowest BCUT2D eigenvalue weighted by molar-refractivity contribution is -0.245. The number of thioether (sulfide) groups is 1. The van der Waals surface area contributed by atoms with Crippen molar-refractivity contribution in [1.29, 1.82) is 0 Å².